The Morgan fingerprint density at radius 3 is 2.90 bits per heavy atom. The zero-order chi connectivity index (χ0) is 14.8. The van der Waals surface area contributed by atoms with E-state index in [0.29, 0.717) is 25.5 Å². The zero-order valence-electron chi connectivity index (χ0n) is 12.1. The van der Waals surface area contributed by atoms with E-state index in [2.05, 4.69) is 24.1 Å². The molecule has 112 valence electrons. The van der Waals surface area contributed by atoms with Gasteiger partial charge in [0, 0.05) is 36.3 Å². The van der Waals surface area contributed by atoms with Gasteiger partial charge < -0.3 is 5.32 Å². The van der Waals surface area contributed by atoms with Crippen molar-refractivity contribution in [1.82, 2.24) is 9.29 Å². The SMILES string of the molecule is CCNc1ncccc1S(=O)(=O)N1CCSC(C)(C)C1. The number of sulfonamides is 1. The summed E-state index contributed by atoms with van der Waals surface area (Å²) in [5.41, 5.74) is 0. The molecule has 2 heterocycles. The highest BCUT2D eigenvalue weighted by molar-refractivity contribution is 8.00. The molecule has 0 aliphatic carbocycles. The van der Waals surface area contributed by atoms with Gasteiger partial charge in [0.15, 0.2) is 0 Å². The molecule has 0 saturated carbocycles. The summed E-state index contributed by atoms with van der Waals surface area (Å²) in [5.74, 6) is 1.26. The molecular weight excluding hydrogens is 294 g/mol. The average molecular weight is 315 g/mol. The molecule has 2 rings (SSSR count). The van der Waals surface area contributed by atoms with Gasteiger partial charge in [0.1, 0.15) is 10.7 Å². The molecule has 0 amide bonds. The average Bonchev–Trinajstić information content (AvgIpc) is 2.38. The molecule has 20 heavy (non-hydrogen) atoms. The second-order valence-corrected chi connectivity index (χ2v) is 9.04. The van der Waals surface area contributed by atoms with Crippen LogP contribution in [0.25, 0.3) is 0 Å². The minimum atomic E-state index is -3.49. The first-order valence-corrected chi connectivity index (χ1v) is 9.12. The lowest BCUT2D eigenvalue weighted by Crippen LogP contribution is -2.46. The first-order valence-electron chi connectivity index (χ1n) is 6.70. The lowest BCUT2D eigenvalue weighted by Gasteiger charge is -2.36. The predicted molar refractivity (Wildman–Crippen MR) is 83.7 cm³/mol. The van der Waals surface area contributed by atoms with Crippen LogP contribution in [0.5, 0.6) is 0 Å². The Morgan fingerprint density at radius 1 is 1.50 bits per heavy atom. The monoisotopic (exact) mass is 315 g/mol. The van der Waals surface area contributed by atoms with Crippen LogP contribution in [0.1, 0.15) is 20.8 Å². The summed E-state index contributed by atoms with van der Waals surface area (Å²) in [6, 6.07) is 3.28. The van der Waals surface area contributed by atoms with E-state index in [-0.39, 0.29) is 9.64 Å². The highest BCUT2D eigenvalue weighted by Crippen LogP contribution is 2.33. The minimum absolute atomic E-state index is 0.0497. The molecule has 1 aliphatic heterocycles. The van der Waals surface area contributed by atoms with Gasteiger partial charge in [-0.1, -0.05) is 0 Å². The molecular formula is C13H21N3O2S2. The Morgan fingerprint density at radius 2 is 2.25 bits per heavy atom. The molecule has 0 atom stereocenters. The highest BCUT2D eigenvalue weighted by atomic mass is 32.2. The molecule has 1 fully saturated rings. The van der Waals surface area contributed by atoms with Crippen LogP contribution in [0.4, 0.5) is 5.82 Å². The van der Waals surface area contributed by atoms with Gasteiger partial charge in [0.25, 0.3) is 0 Å². The minimum Gasteiger partial charge on any atom is -0.369 e. The molecule has 5 nitrogen and oxygen atoms in total. The maximum atomic E-state index is 12.8. The van der Waals surface area contributed by atoms with Crippen LogP contribution in [0.3, 0.4) is 0 Å². The van der Waals surface area contributed by atoms with Crippen LogP contribution in [0.15, 0.2) is 23.2 Å². The third-order valence-electron chi connectivity index (χ3n) is 3.12. The van der Waals surface area contributed by atoms with Crippen molar-refractivity contribution in [2.24, 2.45) is 0 Å². The van der Waals surface area contributed by atoms with Gasteiger partial charge in [-0.25, -0.2) is 13.4 Å². The van der Waals surface area contributed by atoms with Gasteiger partial charge in [-0.15, -0.1) is 0 Å². The van der Waals surface area contributed by atoms with Crippen molar-refractivity contribution in [3.05, 3.63) is 18.3 Å². The van der Waals surface area contributed by atoms with E-state index < -0.39 is 10.0 Å². The summed E-state index contributed by atoms with van der Waals surface area (Å²) in [6.07, 6.45) is 1.60. The first kappa shape index (κ1) is 15.6. The Balaban J connectivity index is 2.35. The second kappa shape index (κ2) is 5.91. The van der Waals surface area contributed by atoms with Gasteiger partial charge >= 0.3 is 0 Å². The van der Waals surface area contributed by atoms with Crippen molar-refractivity contribution in [3.8, 4) is 0 Å². The number of hydrogen-bond donors (Lipinski definition) is 1. The van der Waals surface area contributed by atoms with Crippen molar-refractivity contribution < 1.29 is 8.42 Å². The van der Waals surface area contributed by atoms with E-state index in [4.69, 9.17) is 0 Å². The third kappa shape index (κ3) is 3.27. The number of nitrogens with one attached hydrogen (secondary N) is 1. The Labute approximate surface area is 125 Å². The number of anilines is 1. The predicted octanol–water partition coefficient (Wildman–Crippen LogP) is 2.03. The van der Waals surface area contributed by atoms with Crippen LogP contribution in [0.2, 0.25) is 0 Å². The quantitative estimate of drug-likeness (QED) is 0.921. The van der Waals surface area contributed by atoms with E-state index in [1.807, 2.05) is 18.7 Å². The van der Waals surface area contributed by atoms with Gasteiger partial charge in [-0.2, -0.15) is 16.1 Å². The Bertz CT molecular complexity index is 573. The molecule has 0 radical (unpaired) electrons. The number of hydrogen-bond acceptors (Lipinski definition) is 5. The van der Waals surface area contributed by atoms with Crippen LogP contribution in [-0.4, -0.2) is 47.8 Å². The van der Waals surface area contributed by atoms with Crippen LogP contribution >= 0.6 is 11.8 Å². The third-order valence-corrected chi connectivity index (χ3v) is 6.30. The van der Waals surface area contributed by atoms with Gasteiger partial charge in [-0.3, -0.25) is 0 Å². The molecule has 1 aromatic rings. The summed E-state index contributed by atoms with van der Waals surface area (Å²) in [5, 5.41) is 3.02. The van der Waals surface area contributed by atoms with Crippen LogP contribution in [0, 0.1) is 0 Å². The van der Waals surface area contributed by atoms with Crippen molar-refractivity contribution in [3.63, 3.8) is 0 Å². The lowest BCUT2D eigenvalue weighted by atomic mass is 10.2. The highest BCUT2D eigenvalue weighted by Gasteiger charge is 2.35. The van der Waals surface area contributed by atoms with Crippen molar-refractivity contribution in [1.29, 1.82) is 0 Å². The summed E-state index contributed by atoms with van der Waals surface area (Å²) < 4.78 is 27.1. The van der Waals surface area contributed by atoms with Crippen molar-refractivity contribution in [2.75, 3.05) is 30.7 Å². The molecule has 1 aliphatic rings. The summed E-state index contributed by atoms with van der Waals surface area (Å²) in [4.78, 5) is 4.41. The molecule has 0 spiro atoms. The van der Waals surface area contributed by atoms with Gasteiger partial charge in [0.05, 0.1) is 0 Å². The van der Waals surface area contributed by atoms with Gasteiger partial charge in [-0.05, 0) is 32.9 Å². The van der Waals surface area contributed by atoms with E-state index in [1.54, 1.807) is 22.6 Å². The van der Waals surface area contributed by atoms with E-state index in [1.165, 1.54) is 0 Å². The molecule has 0 bridgehead atoms. The molecule has 7 heteroatoms. The van der Waals surface area contributed by atoms with E-state index in [9.17, 15) is 8.42 Å². The molecule has 1 saturated heterocycles. The maximum absolute atomic E-state index is 12.8. The molecule has 1 aromatic heterocycles. The second-order valence-electron chi connectivity index (χ2n) is 5.33. The summed E-state index contributed by atoms with van der Waals surface area (Å²) >= 11 is 1.81. The topological polar surface area (TPSA) is 62.3 Å². The number of nitrogens with zero attached hydrogens (tertiary/aromatic N) is 2. The standard InChI is InChI=1S/C13H21N3O2S2/c1-4-14-12-11(6-5-7-15-12)20(17,18)16-8-9-19-13(2,3)10-16/h5-7H,4,8-10H2,1-3H3,(H,14,15). The zero-order valence-corrected chi connectivity index (χ0v) is 13.7. The fraction of sp³-hybridized carbons (Fsp3) is 0.615. The normalized spacial score (nSPS) is 19.8. The summed E-state index contributed by atoms with van der Waals surface area (Å²) in [7, 11) is -3.49. The lowest BCUT2D eigenvalue weighted by molar-refractivity contribution is 0.387. The van der Waals surface area contributed by atoms with E-state index in [0.717, 1.165) is 5.75 Å². The molecule has 0 aromatic carbocycles. The fourth-order valence-electron chi connectivity index (χ4n) is 2.22. The van der Waals surface area contributed by atoms with Crippen molar-refractivity contribution in [2.45, 2.75) is 30.4 Å². The largest absolute Gasteiger partial charge is 0.369 e. The number of pyridine rings is 1. The number of aromatic nitrogens is 1. The molecule has 0 unspecified atom stereocenters. The van der Waals surface area contributed by atoms with Crippen LogP contribution < -0.4 is 5.32 Å². The fourth-order valence-corrected chi connectivity index (χ4v) is 5.25. The Kier molecular flexibility index (Phi) is 4.61. The summed E-state index contributed by atoms with van der Waals surface area (Å²) in [6.45, 7) is 7.80. The van der Waals surface area contributed by atoms with Crippen LogP contribution in [-0.2, 0) is 10.0 Å². The number of thioether (sulfide) groups is 1. The smallest absolute Gasteiger partial charge is 0.246 e. The maximum Gasteiger partial charge on any atom is 0.246 e. The molecule has 1 N–H and O–H groups in total. The van der Waals surface area contributed by atoms with Gasteiger partial charge in [0.2, 0.25) is 10.0 Å². The van der Waals surface area contributed by atoms with E-state index >= 15 is 0 Å². The van der Waals surface area contributed by atoms with Crippen molar-refractivity contribution >= 4 is 27.6 Å². The first-order chi connectivity index (χ1) is 9.37. The Hall–Kier alpha value is -0.790. The number of rotatable bonds is 4.